The Kier molecular flexibility index (Phi) is 7.13. The number of hydrogen-bond acceptors (Lipinski definition) is 4. The van der Waals surface area contributed by atoms with Crippen LogP contribution in [0.15, 0.2) is 30.9 Å². The molecule has 24 heavy (non-hydrogen) atoms. The van der Waals surface area contributed by atoms with Gasteiger partial charge >= 0.3 is 0 Å². The molecule has 0 radical (unpaired) electrons. The smallest absolute Gasteiger partial charge is 0.123 e. The zero-order valence-corrected chi connectivity index (χ0v) is 15.2. The Morgan fingerprint density at radius 3 is 2.67 bits per heavy atom. The third kappa shape index (κ3) is 5.53. The number of likely N-dealkylation sites (tertiary alicyclic amines) is 1. The second-order valence-electron chi connectivity index (χ2n) is 7.10. The van der Waals surface area contributed by atoms with Gasteiger partial charge in [-0.15, -0.1) is 6.58 Å². The van der Waals surface area contributed by atoms with E-state index in [1.165, 1.54) is 6.42 Å². The van der Waals surface area contributed by atoms with Crippen LogP contribution in [0.1, 0.15) is 25.8 Å². The molecule has 1 aliphatic rings. The van der Waals surface area contributed by atoms with E-state index in [1.54, 1.807) is 7.11 Å². The number of methoxy groups -OCH3 is 1. The predicted molar refractivity (Wildman–Crippen MR) is 97.8 cm³/mol. The number of rotatable bonds is 8. The Morgan fingerprint density at radius 1 is 1.33 bits per heavy atom. The number of ether oxygens (including phenoxy) is 2. The lowest BCUT2D eigenvalue weighted by Crippen LogP contribution is -2.44. The molecule has 4 heteroatoms. The van der Waals surface area contributed by atoms with Gasteiger partial charge in [0.15, 0.2) is 0 Å². The molecule has 0 amide bonds. The molecule has 134 valence electrons. The summed E-state index contributed by atoms with van der Waals surface area (Å²) in [6.07, 6.45) is 3.35. The number of nitrogens with zero attached hydrogens (tertiary/aromatic N) is 1. The maximum atomic E-state index is 10.3. The lowest BCUT2D eigenvalue weighted by Gasteiger charge is -2.35. The fourth-order valence-corrected chi connectivity index (χ4v) is 3.62. The summed E-state index contributed by atoms with van der Waals surface area (Å²) in [4.78, 5) is 2.35. The van der Waals surface area contributed by atoms with E-state index < -0.39 is 6.10 Å². The SMILES string of the molecule is C=CCc1cc(OC)ccc1OC[C@H](O)CN1C[C@H](C)C[C@H](C)C1. The van der Waals surface area contributed by atoms with Gasteiger partial charge in [0.05, 0.1) is 7.11 Å². The topological polar surface area (TPSA) is 41.9 Å². The molecule has 0 aromatic heterocycles. The summed E-state index contributed by atoms with van der Waals surface area (Å²) in [5, 5.41) is 10.3. The number of allylic oxidation sites excluding steroid dienone is 1. The third-order valence-corrected chi connectivity index (χ3v) is 4.48. The molecule has 1 N–H and O–H groups in total. The summed E-state index contributed by atoms with van der Waals surface area (Å²) in [7, 11) is 1.65. The van der Waals surface area contributed by atoms with Gasteiger partial charge in [0.25, 0.3) is 0 Å². The third-order valence-electron chi connectivity index (χ3n) is 4.48. The Hall–Kier alpha value is -1.52. The highest BCUT2D eigenvalue weighted by Crippen LogP contribution is 2.25. The van der Waals surface area contributed by atoms with Crippen LogP contribution in [0, 0.1) is 11.8 Å². The average molecular weight is 333 g/mol. The molecule has 1 aromatic rings. The van der Waals surface area contributed by atoms with Crippen LogP contribution in [-0.4, -0.2) is 49.5 Å². The second-order valence-corrected chi connectivity index (χ2v) is 7.10. The first kappa shape index (κ1) is 18.8. The molecule has 4 nitrogen and oxygen atoms in total. The largest absolute Gasteiger partial charge is 0.497 e. The summed E-state index contributed by atoms with van der Waals surface area (Å²) in [6.45, 7) is 11.4. The van der Waals surface area contributed by atoms with Gasteiger partial charge in [0.2, 0.25) is 0 Å². The lowest BCUT2D eigenvalue weighted by atomic mass is 9.92. The van der Waals surface area contributed by atoms with Gasteiger partial charge in [-0.2, -0.15) is 0 Å². The first-order valence-electron chi connectivity index (χ1n) is 8.82. The Morgan fingerprint density at radius 2 is 2.04 bits per heavy atom. The maximum Gasteiger partial charge on any atom is 0.123 e. The van der Waals surface area contributed by atoms with Crippen LogP contribution in [0.25, 0.3) is 0 Å². The minimum Gasteiger partial charge on any atom is -0.497 e. The molecule has 0 saturated carbocycles. The maximum absolute atomic E-state index is 10.3. The molecule has 1 heterocycles. The van der Waals surface area contributed by atoms with Crippen molar-refractivity contribution in [1.82, 2.24) is 4.90 Å². The van der Waals surface area contributed by atoms with E-state index in [0.29, 0.717) is 31.4 Å². The molecule has 1 saturated heterocycles. The minimum atomic E-state index is -0.485. The van der Waals surface area contributed by atoms with Gasteiger partial charge in [-0.05, 0) is 42.9 Å². The van der Waals surface area contributed by atoms with Gasteiger partial charge in [0, 0.05) is 25.2 Å². The van der Waals surface area contributed by atoms with E-state index in [1.807, 2.05) is 24.3 Å². The van der Waals surface area contributed by atoms with Crippen molar-refractivity contribution >= 4 is 0 Å². The fraction of sp³-hybridized carbons (Fsp3) is 0.600. The van der Waals surface area contributed by atoms with Crippen LogP contribution < -0.4 is 9.47 Å². The molecule has 0 aliphatic carbocycles. The van der Waals surface area contributed by atoms with Crippen molar-refractivity contribution in [2.24, 2.45) is 11.8 Å². The highest BCUT2D eigenvalue weighted by Gasteiger charge is 2.23. The van der Waals surface area contributed by atoms with E-state index in [0.717, 1.165) is 30.2 Å². The standard InChI is InChI=1S/C20H31NO3/c1-5-6-17-10-19(23-4)7-8-20(17)24-14-18(22)13-21-11-15(2)9-16(3)12-21/h5,7-8,10,15-16,18,22H,1,6,9,11-14H2,2-4H3/t15-,16+,18-/m1/s1. The number of aliphatic hydroxyl groups excluding tert-OH is 1. The quantitative estimate of drug-likeness (QED) is 0.742. The van der Waals surface area contributed by atoms with E-state index in [9.17, 15) is 5.11 Å². The Bertz CT molecular complexity index is 522. The summed E-state index contributed by atoms with van der Waals surface area (Å²) < 4.78 is 11.1. The van der Waals surface area contributed by atoms with Gasteiger partial charge in [-0.3, -0.25) is 0 Å². The molecular weight excluding hydrogens is 302 g/mol. The van der Waals surface area contributed by atoms with Crippen molar-refractivity contribution in [3.63, 3.8) is 0 Å². The van der Waals surface area contributed by atoms with Crippen molar-refractivity contribution in [3.05, 3.63) is 36.4 Å². The molecule has 1 aromatic carbocycles. The van der Waals surface area contributed by atoms with E-state index in [2.05, 4.69) is 25.3 Å². The highest BCUT2D eigenvalue weighted by atomic mass is 16.5. The molecule has 1 fully saturated rings. The number of aliphatic hydroxyl groups is 1. The van der Waals surface area contributed by atoms with Crippen molar-refractivity contribution in [2.45, 2.75) is 32.8 Å². The normalized spacial score (nSPS) is 22.8. The number of benzene rings is 1. The van der Waals surface area contributed by atoms with Crippen molar-refractivity contribution in [3.8, 4) is 11.5 Å². The zero-order valence-electron chi connectivity index (χ0n) is 15.2. The van der Waals surface area contributed by atoms with Crippen molar-refractivity contribution in [2.75, 3.05) is 33.4 Å². The first-order chi connectivity index (χ1) is 11.5. The average Bonchev–Trinajstić information content (AvgIpc) is 2.53. The van der Waals surface area contributed by atoms with Gasteiger partial charge in [-0.1, -0.05) is 19.9 Å². The van der Waals surface area contributed by atoms with Crippen LogP contribution >= 0.6 is 0 Å². The van der Waals surface area contributed by atoms with Crippen molar-refractivity contribution < 1.29 is 14.6 Å². The van der Waals surface area contributed by atoms with E-state index >= 15 is 0 Å². The van der Waals surface area contributed by atoms with Crippen LogP contribution in [0.3, 0.4) is 0 Å². The van der Waals surface area contributed by atoms with Gasteiger partial charge < -0.3 is 19.5 Å². The molecule has 2 rings (SSSR count). The van der Waals surface area contributed by atoms with E-state index in [4.69, 9.17) is 9.47 Å². The minimum absolute atomic E-state index is 0.301. The van der Waals surface area contributed by atoms with Crippen molar-refractivity contribution in [1.29, 1.82) is 0 Å². The predicted octanol–water partition coefficient (Wildman–Crippen LogP) is 3.14. The fourth-order valence-electron chi connectivity index (χ4n) is 3.62. The van der Waals surface area contributed by atoms with E-state index in [-0.39, 0.29) is 0 Å². The number of β-amino-alcohol motifs (C(OH)–C–C–N with tert-alkyl or cyclic N) is 1. The molecule has 0 bridgehead atoms. The lowest BCUT2D eigenvalue weighted by molar-refractivity contribution is 0.0427. The molecule has 3 atom stereocenters. The summed E-state index contributed by atoms with van der Waals surface area (Å²) >= 11 is 0. The molecule has 0 unspecified atom stereocenters. The van der Waals surface area contributed by atoms with Gasteiger partial charge in [0.1, 0.15) is 24.2 Å². The molecule has 1 aliphatic heterocycles. The van der Waals surface area contributed by atoms with Crippen LogP contribution in [0.4, 0.5) is 0 Å². The molecule has 0 spiro atoms. The zero-order chi connectivity index (χ0) is 17.5. The monoisotopic (exact) mass is 333 g/mol. The van der Waals surface area contributed by atoms with Crippen LogP contribution in [-0.2, 0) is 6.42 Å². The number of hydrogen-bond donors (Lipinski definition) is 1. The Labute approximate surface area is 146 Å². The first-order valence-corrected chi connectivity index (χ1v) is 8.82. The van der Waals surface area contributed by atoms with Gasteiger partial charge in [-0.25, -0.2) is 0 Å². The summed E-state index contributed by atoms with van der Waals surface area (Å²) in [6, 6.07) is 5.73. The summed E-state index contributed by atoms with van der Waals surface area (Å²) in [5.41, 5.74) is 1.02. The molecular formula is C20H31NO3. The number of piperidine rings is 1. The second kappa shape index (κ2) is 9.09. The van der Waals surface area contributed by atoms with Crippen LogP contribution in [0.2, 0.25) is 0 Å². The highest BCUT2D eigenvalue weighted by molar-refractivity contribution is 5.41. The Balaban J connectivity index is 1.89. The van der Waals surface area contributed by atoms with Crippen LogP contribution in [0.5, 0.6) is 11.5 Å². The summed E-state index contributed by atoms with van der Waals surface area (Å²) in [5.74, 6) is 2.98.